The molecule has 1 unspecified atom stereocenters. The zero-order chi connectivity index (χ0) is 34.3. The number of carbonyl (C=O) groups is 1. The minimum absolute atomic E-state index is 0.266. The van der Waals surface area contributed by atoms with Gasteiger partial charge in [0.05, 0.1) is 34.4 Å². The second kappa shape index (κ2) is 10.9. The van der Waals surface area contributed by atoms with Gasteiger partial charge >= 0.3 is 0 Å². The number of aromatic nitrogens is 2. The number of aliphatic hydroxyl groups is 1. The van der Waals surface area contributed by atoms with Gasteiger partial charge in [0.2, 0.25) is 16.3 Å². The number of nitrogens with one attached hydrogen (secondary N) is 1. The molecule has 12 heteroatoms. The lowest BCUT2D eigenvalue weighted by Gasteiger charge is -2.36. The summed E-state index contributed by atoms with van der Waals surface area (Å²) < 4.78 is 56.3. The van der Waals surface area contributed by atoms with E-state index in [-0.39, 0.29) is 17.2 Å². The fourth-order valence-corrected chi connectivity index (χ4v) is 6.70. The molecule has 6 aromatic rings. The number of amides is 1. The highest BCUT2D eigenvalue weighted by Crippen LogP contribution is 2.47. The van der Waals surface area contributed by atoms with Crippen molar-refractivity contribution in [1.29, 1.82) is 0 Å². The van der Waals surface area contributed by atoms with Crippen molar-refractivity contribution in [3.05, 3.63) is 89.7 Å². The average Bonchev–Trinajstić information content (AvgIpc) is 3.62. The number of benzene rings is 3. The molecular formula is C36H33FN4O6S. The first kappa shape index (κ1) is 31.4. The van der Waals surface area contributed by atoms with Crippen molar-refractivity contribution in [2.45, 2.75) is 32.6 Å². The van der Waals surface area contributed by atoms with E-state index < -0.39 is 27.7 Å². The molecule has 48 heavy (non-hydrogen) atoms. The number of carbonyl (C=O) groups excluding carboxylic acids is 1. The first-order valence-corrected chi connectivity index (χ1v) is 17.1. The number of hydrogen-bond acceptors (Lipinski definition) is 7. The summed E-state index contributed by atoms with van der Waals surface area (Å²) in [6.45, 7) is 5.18. The van der Waals surface area contributed by atoms with Crippen LogP contribution in [0.3, 0.4) is 0 Å². The maximum Gasteiger partial charge on any atom is 0.255 e. The number of rotatable bonds is 6. The van der Waals surface area contributed by atoms with Crippen molar-refractivity contribution in [2.24, 2.45) is 0 Å². The summed E-state index contributed by atoms with van der Waals surface area (Å²) in [5, 5.41) is 14.6. The Morgan fingerprint density at radius 2 is 1.79 bits per heavy atom. The molecule has 0 aliphatic carbocycles. The summed E-state index contributed by atoms with van der Waals surface area (Å²) in [5.41, 5.74) is 3.40. The number of aryl methyl sites for hydroxylation is 1. The predicted octanol–water partition coefficient (Wildman–Crippen LogP) is 6.65. The molecule has 0 radical (unpaired) electrons. The Labute approximate surface area is 276 Å². The largest absolute Gasteiger partial charge is 0.465 e. The van der Waals surface area contributed by atoms with Crippen LogP contribution in [0.2, 0.25) is 0 Å². The molecule has 246 valence electrons. The molecule has 3 aromatic heterocycles. The summed E-state index contributed by atoms with van der Waals surface area (Å²) >= 11 is 0. The smallest absolute Gasteiger partial charge is 0.255 e. The number of halogens is 1. The molecule has 1 amide bonds. The van der Waals surface area contributed by atoms with E-state index in [2.05, 4.69) is 5.32 Å². The molecule has 7 rings (SSSR count). The van der Waals surface area contributed by atoms with Crippen LogP contribution >= 0.6 is 0 Å². The number of furan rings is 1. The number of nitrogens with zero attached hydrogens (tertiary/aromatic N) is 3. The third kappa shape index (κ3) is 4.99. The highest BCUT2D eigenvalue weighted by Gasteiger charge is 2.39. The number of anilines is 1. The maximum atomic E-state index is 15.1. The Morgan fingerprint density at radius 1 is 1.06 bits per heavy atom. The number of fused-ring (bicyclic) bond motifs is 6. The van der Waals surface area contributed by atoms with Crippen molar-refractivity contribution in [3.63, 3.8) is 0 Å². The number of ether oxygens (including phenoxy) is 1. The van der Waals surface area contributed by atoms with Crippen LogP contribution in [0, 0.1) is 12.7 Å². The van der Waals surface area contributed by atoms with E-state index in [0.717, 1.165) is 16.1 Å². The molecular weight excluding hydrogens is 635 g/mol. The van der Waals surface area contributed by atoms with Crippen molar-refractivity contribution in [2.75, 3.05) is 24.7 Å². The molecule has 0 bridgehead atoms. The fourth-order valence-electron chi connectivity index (χ4n) is 6.19. The van der Waals surface area contributed by atoms with Crippen LogP contribution in [0.1, 0.15) is 36.0 Å². The second-order valence-electron chi connectivity index (χ2n) is 12.6. The summed E-state index contributed by atoms with van der Waals surface area (Å²) in [6.07, 6.45) is 0.200. The maximum absolute atomic E-state index is 15.1. The van der Waals surface area contributed by atoms with Crippen LogP contribution < -0.4 is 14.4 Å². The molecule has 3 aromatic carbocycles. The molecule has 0 spiro atoms. The van der Waals surface area contributed by atoms with Crippen molar-refractivity contribution in [1.82, 2.24) is 14.9 Å². The third-order valence-electron chi connectivity index (χ3n) is 8.70. The van der Waals surface area contributed by atoms with Crippen LogP contribution in [-0.4, -0.2) is 54.9 Å². The highest BCUT2D eigenvalue weighted by molar-refractivity contribution is 7.92. The van der Waals surface area contributed by atoms with Gasteiger partial charge in [-0.2, -0.15) is 0 Å². The van der Waals surface area contributed by atoms with Crippen molar-refractivity contribution in [3.8, 4) is 39.7 Å². The molecule has 1 aliphatic rings. The van der Waals surface area contributed by atoms with E-state index in [1.165, 1.54) is 20.2 Å². The molecule has 1 aliphatic heterocycles. The summed E-state index contributed by atoms with van der Waals surface area (Å²) in [4.78, 5) is 18.3. The van der Waals surface area contributed by atoms with Crippen molar-refractivity contribution < 1.29 is 31.9 Å². The zero-order valence-corrected chi connectivity index (χ0v) is 27.9. The van der Waals surface area contributed by atoms with Gasteiger partial charge in [-0.1, -0.05) is 35.9 Å². The van der Waals surface area contributed by atoms with Crippen LogP contribution in [0.4, 0.5) is 10.1 Å². The van der Waals surface area contributed by atoms with Crippen LogP contribution in [0.25, 0.3) is 55.8 Å². The fraction of sp³-hybridized carbons (Fsp3) is 0.222. The van der Waals surface area contributed by atoms with E-state index in [1.54, 1.807) is 60.9 Å². The van der Waals surface area contributed by atoms with Gasteiger partial charge < -0.3 is 24.1 Å². The third-order valence-corrected chi connectivity index (χ3v) is 9.89. The van der Waals surface area contributed by atoms with Gasteiger partial charge in [-0.05, 0) is 57.2 Å². The number of hydrogen-bond donors (Lipinski definition) is 2. The van der Waals surface area contributed by atoms with E-state index in [0.29, 0.717) is 61.6 Å². The van der Waals surface area contributed by atoms with Gasteiger partial charge in [-0.25, -0.2) is 17.8 Å². The molecule has 0 fully saturated rings. The summed E-state index contributed by atoms with van der Waals surface area (Å²) in [7, 11) is -0.803. The SMILES string of the molecule is CNC(=O)c1c(-c2ccc(C)cc2)oc2cc(N(C)S(C)(=O)=O)c(-c3ccc4c(n3)-c3cc5c(F)cccc5n3C(C(C)(C)O)O4)cc12. The highest BCUT2D eigenvalue weighted by atomic mass is 32.2. The van der Waals surface area contributed by atoms with E-state index in [9.17, 15) is 18.3 Å². The first-order valence-electron chi connectivity index (χ1n) is 15.2. The molecule has 10 nitrogen and oxygen atoms in total. The molecule has 4 heterocycles. The molecule has 0 saturated heterocycles. The molecule has 0 saturated carbocycles. The van der Waals surface area contributed by atoms with Crippen LogP contribution in [-0.2, 0) is 10.0 Å². The van der Waals surface area contributed by atoms with E-state index >= 15 is 4.39 Å². The minimum Gasteiger partial charge on any atom is -0.465 e. The average molecular weight is 669 g/mol. The van der Waals surface area contributed by atoms with E-state index in [4.69, 9.17) is 14.1 Å². The lowest BCUT2D eigenvalue weighted by atomic mass is 10.00. The first-order chi connectivity index (χ1) is 22.7. The van der Waals surface area contributed by atoms with Gasteiger partial charge in [0.15, 0.2) is 0 Å². The Bertz CT molecular complexity index is 2390. The van der Waals surface area contributed by atoms with Crippen molar-refractivity contribution >= 4 is 43.5 Å². The summed E-state index contributed by atoms with van der Waals surface area (Å²) in [5.74, 6) is -0.118. The Hall–Kier alpha value is -5.20. The van der Waals surface area contributed by atoms with Gasteiger partial charge in [0, 0.05) is 42.1 Å². The lowest BCUT2D eigenvalue weighted by Crippen LogP contribution is -2.39. The monoisotopic (exact) mass is 668 g/mol. The number of sulfonamides is 1. The Morgan fingerprint density at radius 3 is 2.46 bits per heavy atom. The second-order valence-corrected chi connectivity index (χ2v) is 14.6. The minimum atomic E-state index is -3.76. The summed E-state index contributed by atoms with van der Waals surface area (Å²) in [6, 6.07) is 20.6. The lowest BCUT2D eigenvalue weighted by molar-refractivity contribution is -0.0732. The van der Waals surface area contributed by atoms with Crippen LogP contribution in [0.15, 0.2) is 77.2 Å². The van der Waals surface area contributed by atoms with Gasteiger partial charge in [0.1, 0.15) is 34.2 Å². The molecule has 2 N–H and O–H groups in total. The van der Waals surface area contributed by atoms with E-state index in [1.807, 2.05) is 31.2 Å². The topological polar surface area (TPSA) is 127 Å². The molecule has 1 atom stereocenters. The Kier molecular flexibility index (Phi) is 7.15. The standard InChI is InChI=1S/C36H33FN4O6S/c1-19-10-12-20(13-11-19)33-31(34(42)38-4)23-16-22(27(18-30(23)46-33)40(5)48(6,44)45)25-14-15-29-32(39-25)28-17-21-24(37)8-7-9-26(21)41(28)35(47-29)36(2,3)43/h7-18,35,43H,1-6H3,(H,38,42). The predicted molar refractivity (Wildman–Crippen MR) is 183 cm³/mol. The van der Waals surface area contributed by atoms with Gasteiger partial charge in [-0.15, -0.1) is 0 Å². The zero-order valence-electron chi connectivity index (χ0n) is 27.1. The van der Waals surface area contributed by atoms with Gasteiger partial charge in [0.25, 0.3) is 5.91 Å². The normalized spacial score (nSPS) is 14.5. The quantitative estimate of drug-likeness (QED) is 0.204. The number of pyridine rings is 1. The van der Waals surface area contributed by atoms with Crippen LogP contribution in [0.5, 0.6) is 5.75 Å². The Balaban J connectivity index is 1.51. The van der Waals surface area contributed by atoms with Gasteiger partial charge in [-0.3, -0.25) is 9.10 Å².